The molecule has 25 heteroatoms. The van der Waals surface area contributed by atoms with Crippen LogP contribution in [-0.4, -0.2) is 104 Å². The van der Waals surface area contributed by atoms with Crippen molar-refractivity contribution in [1.29, 1.82) is 0 Å². The van der Waals surface area contributed by atoms with Crippen molar-refractivity contribution in [3.8, 4) is 0 Å². The maximum Gasteiger partial charge on any atom is 0.483 e. The number of H-pyrrole nitrogens is 1. The monoisotopic (exact) mass is 801 g/mol. The number of benzene rings is 1. The minimum atomic E-state index is -5.73. The summed E-state index contributed by atoms with van der Waals surface area (Å²) in [5.41, 5.74) is -1.15. The zero-order valence-electron chi connectivity index (χ0n) is 27.7. The second-order valence-corrected chi connectivity index (χ2v) is 16.5. The van der Waals surface area contributed by atoms with Crippen molar-refractivity contribution in [1.82, 2.24) is 14.6 Å². The molecule has 0 radical (unpaired) electrons. The van der Waals surface area contributed by atoms with E-state index in [-0.39, 0.29) is 12.8 Å². The number of rotatable bonds is 16. The van der Waals surface area contributed by atoms with E-state index in [0.29, 0.717) is 5.56 Å². The Kier molecular flexibility index (Phi) is 14.1. The third kappa shape index (κ3) is 11.3. The van der Waals surface area contributed by atoms with Crippen LogP contribution in [0.15, 0.2) is 52.2 Å². The van der Waals surface area contributed by atoms with E-state index in [0.717, 1.165) is 30.7 Å². The minimum Gasteiger partial charge on any atom is -0.457 e. The summed E-state index contributed by atoms with van der Waals surface area (Å²) in [5, 5.41) is 23.5. The summed E-state index contributed by atoms with van der Waals surface area (Å²) in [5.74, 6) is -1.93. The number of esters is 2. The summed E-state index contributed by atoms with van der Waals surface area (Å²) in [4.78, 5) is 70.3. The normalized spacial score (nSPS) is 29.7. The number of aliphatic hydroxyl groups excluding tert-OH is 2. The number of aromatic amines is 1. The lowest BCUT2D eigenvalue weighted by Crippen LogP contribution is -2.60. The molecule has 11 atom stereocenters. The Morgan fingerprint density at radius 1 is 0.962 bits per heavy atom. The van der Waals surface area contributed by atoms with Gasteiger partial charge in [-0.15, -0.1) is 0 Å². The lowest BCUT2D eigenvalue weighted by molar-refractivity contribution is -0.239. The average Bonchev–Trinajstić information content (AvgIpc) is 3.31. The lowest BCUT2D eigenvalue weighted by Gasteiger charge is -2.42. The van der Waals surface area contributed by atoms with Crippen molar-refractivity contribution in [2.24, 2.45) is 0 Å². The van der Waals surface area contributed by atoms with Crippen LogP contribution in [-0.2, 0) is 66.3 Å². The van der Waals surface area contributed by atoms with E-state index in [2.05, 4.69) is 13.9 Å². The van der Waals surface area contributed by atoms with Gasteiger partial charge in [0.1, 0.15) is 18.3 Å². The molecule has 0 spiro atoms. The van der Waals surface area contributed by atoms with Crippen LogP contribution in [0.5, 0.6) is 0 Å². The maximum atomic E-state index is 13.9. The van der Waals surface area contributed by atoms with Crippen LogP contribution in [0.1, 0.15) is 32.6 Å². The van der Waals surface area contributed by atoms with Crippen LogP contribution < -0.4 is 16.3 Å². The van der Waals surface area contributed by atoms with Gasteiger partial charge in [0.05, 0.1) is 32.0 Å². The molecule has 2 aromatic rings. The molecule has 2 aliphatic rings. The van der Waals surface area contributed by atoms with Gasteiger partial charge in [-0.3, -0.25) is 37.5 Å². The van der Waals surface area contributed by atoms with Crippen LogP contribution in [0.4, 0.5) is 0 Å². The van der Waals surface area contributed by atoms with Gasteiger partial charge in [0.2, 0.25) is 6.29 Å². The highest BCUT2D eigenvalue weighted by Gasteiger charge is 2.52. The van der Waals surface area contributed by atoms with Gasteiger partial charge in [0, 0.05) is 26.1 Å². The Morgan fingerprint density at radius 2 is 1.62 bits per heavy atom. The molecule has 290 valence electrons. The fourth-order valence-electron chi connectivity index (χ4n) is 5.24. The molecule has 0 saturated carbocycles. The highest BCUT2D eigenvalue weighted by molar-refractivity contribution is 7.61. The summed E-state index contributed by atoms with van der Waals surface area (Å²) < 4.78 is 81.2. The summed E-state index contributed by atoms with van der Waals surface area (Å²) in [7, 11) is -15.1. The first-order valence-electron chi connectivity index (χ1n) is 15.4. The molecule has 22 nitrogen and oxygen atoms in total. The summed E-state index contributed by atoms with van der Waals surface area (Å²) in [6.45, 7) is 1.91. The number of phosphoric ester groups is 2. The number of nitrogens with zero attached hydrogens (tertiary/aromatic N) is 1. The van der Waals surface area contributed by atoms with Crippen molar-refractivity contribution in [3.05, 3.63) is 69.0 Å². The van der Waals surface area contributed by atoms with Gasteiger partial charge in [-0.2, -0.15) is 4.31 Å². The predicted molar refractivity (Wildman–Crippen MR) is 172 cm³/mol. The van der Waals surface area contributed by atoms with Crippen LogP contribution >= 0.6 is 23.2 Å². The number of aliphatic hydroxyl groups is 2. The number of carbonyl (C=O) groups excluding carboxylic acids is 2. The SMILES string of the molecule is CCOP(=O)(Cc1ccccc1)N[C@H]1CO[C@H](OP(=O)(O)OP(=O)(O)OC[C@H]2O[C@@H](n3ccc(=O)[nH]c3=O)[C@H](O)[C@@H]2O)[C@H](OC(C)=O)[C@H]1OC(C)=O. The van der Waals surface area contributed by atoms with Crippen molar-refractivity contribution in [2.75, 3.05) is 19.8 Å². The molecule has 2 aliphatic heterocycles. The van der Waals surface area contributed by atoms with Gasteiger partial charge < -0.3 is 43.5 Å². The fourth-order valence-corrected chi connectivity index (χ4v) is 9.50. The van der Waals surface area contributed by atoms with Crippen LogP contribution in [0, 0.1) is 0 Å². The zero-order valence-corrected chi connectivity index (χ0v) is 30.4. The fraction of sp³-hybridized carbons (Fsp3) is 0.556. The molecule has 3 heterocycles. The van der Waals surface area contributed by atoms with E-state index in [9.17, 15) is 52.9 Å². The molecule has 0 bridgehead atoms. The first-order chi connectivity index (χ1) is 24.3. The molecular formula is C27H38N3O19P3. The maximum absolute atomic E-state index is 13.9. The Balaban J connectivity index is 1.46. The number of hydrogen-bond acceptors (Lipinski definition) is 17. The van der Waals surface area contributed by atoms with Gasteiger partial charge in [-0.05, 0) is 12.5 Å². The molecule has 2 saturated heterocycles. The number of aromatic nitrogens is 2. The smallest absolute Gasteiger partial charge is 0.457 e. The van der Waals surface area contributed by atoms with E-state index < -0.39 is 109 Å². The third-order valence-electron chi connectivity index (χ3n) is 7.27. The first kappa shape index (κ1) is 41.8. The second-order valence-electron chi connectivity index (χ2n) is 11.3. The second kappa shape index (κ2) is 17.5. The van der Waals surface area contributed by atoms with Gasteiger partial charge in [-0.1, -0.05) is 30.3 Å². The molecule has 0 aliphatic carbocycles. The number of ether oxygens (including phenoxy) is 4. The van der Waals surface area contributed by atoms with Crippen LogP contribution in [0.3, 0.4) is 0 Å². The van der Waals surface area contributed by atoms with Gasteiger partial charge >= 0.3 is 33.3 Å². The quantitative estimate of drug-likeness (QED) is 0.0962. The summed E-state index contributed by atoms with van der Waals surface area (Å²) in [6.07, 6.45) is -11.5. The van der Waals surface area contributed by atoms with Crippen LogP contribution in [0.25, 0.3) is 0 Å². The molecular weight excluding hydrogens is 763 g/mol. The highest BCUT2D eigenvalue weighted by Crippen LogP contribution is 2.61. The highest BCUT2D eigenvalue weighted by atomic mass is 31.3. The Morgan fingerprint density at radius 3 is 2.23 bits per heavy atom. The van der Waals surface area contributed by atoms with E-state index >= 15 is 0 Å². The molecule has 1 aromatic heterocycles. The van der Waals surface area contributed by atoms with E-state index in [1.165, 1.54) is 0 Å². The number of hydrogen-bond donors (Lipinski definition) is 6. The molecule has 3 unspecified atom stereocenters. The largest absolute Gasteiger partial charge is 0.483 e. The molecule has 4 rings (SSSR count). The molecule has 6 N–H and O–H groups in total. The standard InChI is InChI=1S/C27H38N3O19P3/c1-4-43-50(37,14-17-8-6-5-7-9-17)29-18-12-42-26(24(46-16(3)32)23(18)45-15(2)31)48-52(40,41)49-51(38,39)44-13-19-21(34)22(35)25(47-19)30-11-10-20(33)28-27(30)36/h5-11,18-19,21-26,34-35H,4,12-14H2,1-3H3,(H,29,37)(H,38,39)(H,40,41)(H,28,33,36)/t18-,19+,21+,22+,23-,24+,25+,26+,50?/m0/s1. The van der Waals surface area contributed by atoms with Gasteiger partial charge in [-0.25, -0.2) is 19.0 Å². The van der Waals surface area contributed by atoms with Crippen LogP contribution in [0.2, 0.25) is 0 Å². The van der Waals surface area contributed by atoms with Crippen molar-refractivity contribution >= 4 is 35.1 Å². The predicted octanol–water partition coefficient (Wildman–Crippen LogP) is 0.0141. The lowest BCUT2D eigenvalue weighted by atomic mass is 10.0. The Hall–Kier alpha value is -2.91. The van der Waals surface area contributed by atoms with E-state index in [1.54, 1.807) is 37.3 Å². The number of phosphoric acid groups is 2. The summed E-state index contributed by atoms with van der Waals surface area (Å²) in [6, 6.07) is 8.27. The van der Waals surface area contributed by atoms with Gasteiger partial charge in [0.25, 0.3) is 13.1 Å². The number of carbonyl (C=O) groups is 2. The third-order valence-corrected chi connectivity index (χ3v) is 12.1. The average molecular weight is 802 g/mol. The van der Waals surface area contributed by atoms with Crippen molar-refractivity contribution in [2.45, 2.75) is 76.0 Å². The van der Waals surface area contributed by atoms with E-state index in [1.807, 2.05) is 4.98 Å². The molecule has 52 heavy (non-hydrogen) atoms. The topological polar surface area (TPSA) is 307 Å². The summed E-state index contributed by atoms with van der Waals surface area (Å²) >= 11 is 0. The Bertz CT molecular complexity index is 1820. The molecule has 0 amide bonds. The van der Waals surface area contributed by atoms with Crippen molar-refractivity contribution < 1.29 is 80.1 Å². The van der Waals surface area contributed by atoms with E-state index in [4.69, 9.17) is 28.0 Å². The molecule has 1 aromatic carbocycles. The number of nitrogens with one attached hydrogen (secondary N) is 2. The first-order valence-corrected chi connectivity index (χ1v) is 20.2. The van der Waals surface area contributed by atoms with Crippen molar-refractivity contribution in [3.63, 3.8) is 0 Å². The van der Waals surface area contributed by atoms with Gasteiger partial charge in [0.15, 0.2) is 18.4 Å². The zero-order chi connectivity index (χ0) is 38.4. The molecule has 2 fully saturated rings. The minimum absolute atomic E-state index is 0.00153. The Labute approximate surface area is 294 Å².